The number of ether oxygens (including phenoxy) is 1. The molecule has 0 saturated carbocycles. The highest BCUT2D eigenvalue weighted by atomic mass is 35.5. The van der Waals surface area contributed by atoms with Gasteiger partial charge in [-0.3, -0.25) is 4.79 Å². The minimum absolute atomic E-state index is 0.289. The summed E-state index contributed by atoms with van der Waals surface area (Å²) in [4.78, 5) is 26.1. The van der Waals surface area contributed by atoms with Crippen LogP contribution in [0.4, 0.5) is 0 Å². The highest BCUT2D eigenvalue weighted by molar-refractivity contribution is 7.12. The van der Waals surface area contributed by atoms with Gasteiger partial charge in [-0.2, -0.15) is 0 Å². The van der Waals surface area contributed by atoms with Crippen molar-refractivity contribution in [2.45, 2.75) is 33.4 Å². The second-order valence-electron chi connectivity index (χ2n) is 5.18. The molecule has 0 aliphatic rings. The lowest BCUT2D eigenvalue weighted by Gasteiger charge is -2.14. The fourth-order valence-electron chi connectivity index (χ4n) is 2.08. The summed E-state index contributed by atoms with van der Waals surface area (Å²) in [5.74, 6) is -0.838. The van der Waals surface area contributed by atoms with Crippen LogP contribution >= 0.6 is 22.9 Å². The molecule has 2 rings (SSSR count). The van der Waals surface area contributed by atoms with Gasteiger partial charge in [-0.1, -0.05) is 29.8 Å². The first-order valence-electron chi connectivity index (χ1n) is 7.17. The van der Waals surface area contributed by atoms with E-state index in [9.17, 15) is 9.59 Å². The number of hydrogen-bond acceptors (Lipinski definition) is 4. The number of thiophene rings is 1. The zero-order valence-corrected chi connectivity index (χ0v) is 14.8. The lowest BCUT2D eigenvalue weighted by atomic mass is 10.2. The van der Waals surface area contributed by atoms with Gasteiger partial charge < -0.3 is 10.1 Å². The number of halogens is 1. The highest BCUT2D eigenvalue weighted by Crippen LogP contribution is 2.21. The second kappa shape index (κ2) is 7.62. The van der Waals surface area contributed by atoms with Crippen molar-refractivity contribution in [2.75, 3.05) is 0 Å². The van der Waals surface area contributed by atoms with E-state index in [4.69, 9.17) is 16.3 Å². The summed E-state index contributed by atoms with van der Waals surface area (Å²) >= 11 is 7.56. The number of benzene rings is 1. The third-order valence-electron chi connectivity index (χ3n) is 3.32. The first-order valence-corrected chi connectivity index (χ1v) is 8.37. The molecule has 0 saturated heterocycles. The number of amides is 1. The standard InChI is InChI=1S/C17H18ClNO3S/c1-10-8-14(12(3)23-10)17(21)22-11(2)16(20)19-9-13-6-4-5-7-15(13)18/h4-8,11H,9H2,1-3H3,(H,19,20)/t11-/m0/s1. The minimum Gasteiger partial charge on any atom is -0.449 e. The normalized spacial score (nSPS) is 11.8. The molecule has 0 unspecified atom stereocenters. The second-order valence-corrected chi connectivity index (χ2v) is 7.05. The Morgan fingerprint density at radius 3 is 2.61 bits per heavy atom. The van der Waals surface area contributed by atoms with Crippen LogP contribution in [0.3, 0.4) is 0 Å². The average molecular weight is 352 g/mol. The van der Waals surface area contributed by atoms with E-state index in [1.807, 2.05) is 32.0 Å². The van der Waals surface area contributed by atoms with Gasteiger partial charge in [0.1, 0.15) is 0 Å². The van der Waals surface area contributed by atoms with Crippen LogP contribution in [0.5, 0.6) is 0 Å². The molecule has 1 aromatic carbocycles. The number of nitrogens with one attached hydrogen (secondary N) is 1. The quantitative estimate of drug-likeness (QED) is 0.832. The molecule has 122 valence electrons. The molecular weight excluding hydrogens is 334 g/mol. The molecule has 0 aliphatic heterocycles. The summed E-state index contributed by atoms with van der Waals surface area (Å²) in [6.45, 7) is 5.62. The van der Waals surface area contributed by atoms with Crippen LogP contribution in [0.1, 0.15) is 32.6 Å². The molecule has 1 heterocycles. The van der Waals surface area contributed by atoms with Gasteiger partial charge in [-0.05, 0) is 38.5 Å². The third-order valence-corrected chi connectivity index (χ3v) is 4.66. The Labute approximate surface area is 144 Å². The molecule has 1 amide bonds. The summed E-state index contributed by atoms with van der Waals surface area (Å²) in [5, 5.41) is 3.30. The topological polar surface area (TPSA) is 55.4 Å². The summed E-state index contributed by atoms with van der Waals surface area (Å²) in [5.41, 5.74) is 1.32. The first-order chi connectivity index (χ1) is 10.9. The van der Waals surface area contributed by atoms with E-state index >= 15 is 0 Å². The Morgan fingerprint density at radius 2 is 2.00 bits per heavy atom. The highest BCUT2D eigenvalue weighted by Gasteiger charge is 2.21. The number of carbonyl (C=O) groups excluding carboxylic acids is 2. The smallest absolute Gasteiger partial charge is 0.340 e. The van der Waals surface area contributed by atoms with Crippen molar-refractivity contribution < 1.29 is 14.3 Å². The molecule has 0 fully saturated rings. The summed E-state index contributed by atoms with van der Waals surface area (Å²) in [6.07, 6.45) is -0.871. The molecule has 6 heteroatoms. The van der Waals surface area contributed by atoms with Crippen LogP contribution in [0.25, 0.3) is 0 Å². The fourth-order valence-corrected chi connectivity index (χ4v) is 3.19. The van der Waals surface area contributed by atoms with E-state index in [-0.39, 0.29) is 12.5 Å². The Balaban J connectivity index is 1.91. The van der Waals surface area contributed by atoms with Crippen molar-refractivity contribution >= 4 is 34.8 Å². The van der Waals surface area contributed by atoms with Crippen molar-refractivity contribution in [1.82, 2.24) is 5.32 Å². The van der Waals surface area contributed by atoms with Gasteiger partial charge in [0.15, 0.2) is 6.10 Å². The van der Waals surface area contributed by atoms with Crippen LogP contribution in [0.15, 0.2) is 30.3 Å². The van der Waals surface area contributed by atoms with E-state index in [2.05, 4.69) is 5.32 Å². The van der Waals surface area contributed by atoms with E-state index < -0.39 is 12.1 Å². The molecule has 4 nitrogen and oxygen atoms in total. The fraction of sp³-hybridized carbons (Fsp3) is 0.294. The lowest BCUT2D eigenvalue weighted by Crippen LogP contribution is -2.35. The van der Waals surface area contributed by atoms with Crippen LogP contribution in [0.2, 0.25) is 5.02 Å². The monoisotopic (exact) mass is 351 g/mol. The molecule has 0 spiro atoms. The van der Waals surface area contributed by atoms with Crippen LogP contribution in [-0.2, 0) is 16.1 Å². The molecule has 1 atom stereocenters. The summed E-state index contributed by atoms with van der Waals surface area (Å²) in [7, 11) is 0. The molecule has 0 aliphatic carbocycles. The Bertz CT molecular complexity index is 726. The predicted molar refractivity (Wildman–Crippen MR) is 92.0 cm³/mol. The largest absolute Gasteiger partial charge is 0.449 e. The van der Waals surface area contributed by atoms with E-state index in [1.165, 1.54) is 11.3 Å². The first kappa shape index (κ1) is 17.5. The average Bonchev–Trinajstić information content (AvgIpc) is 2.84. The summed E-state index contributed by atoms with van der Waals surface area (Å²) < 4.78 is 5.23. The van der Waals surface area contributed by atoms with Crippen LogP contribution in [0, 0.1) is 13.8 Å². The zero-order chi connectivity index (χ0) is 17.0. The Kier molecular flexibility index (Phi) is 5.80. The van der Waals surface area contributed by atoms with Gasteiger partial charge >= 0.3 is 5.97 Å². The van der Waals surface area contributed by atoms with Crippen molar-refractivity contribution in [3.8, 4) is 0 Å². The molecule has 23 heavy (non-hydrogen) atoms. The maximum absolute atomic E-state index is 12.1. The number of carbonyl (C=O) groups is 2. The Morgan fingerprint density at radius 1 is 1.30 bits per heavy atom. The van der Waals surface area contributed by atoms with Gasteiger partial charge in [0.05, 0.1) is 5.56 Å². The molecule has 2 aromatic rings. The maximum Gasteiger partial charge on any atom is 0.340 e. The molecule has 0 radical (unpaired) electrons. The van der Waals surface area contributed by atoms with Gasteiger partial charge in [-0.25, -0.2) is 4.79 Å². The van der Waals surface area contributed by atoms with Crippen molar-refractivity contribution in [3.63, 3.8) is 0 Å². The predicted octanol–water partition coefficient (Wildman–Crippen LogP) is 3.88. The van der Waals surface area contributed by atoms with Crippen LogP contribution < -0.4 is 5.32 Å². The molecular formula is C17H18ClNO3S. The van der Waals surface area contributed by atoms with Crippen molar-refractivity contribution in [1.29, 1.82) is 0 Å². The van der Waals surface area contributed by atoms with Gasteiger partial charge in [-0.15, -0.1) is 11.3 Å². The van der Waals surface area contributed by atoms with Crippen molar-refractivity contribution in [3.05, 3.63) is 56.2 Å². The molecule has 0 bridgehead atoms. The lowest BCUT2D eigenvalue weighted by molar-refractivity contribution is -0.129. The number of hydrogen-bond donors (Lipinski definition) is 1. The molecule has 1 aromatic heterocycles. The van der Waals surface area contributed by atoms with E-state index in [1.54, 1.807) is 19.1 Å². The summed E-state index contributed by atoms with van der Waals surface area (Å²) in [6, 6.07) is 9.03. The van der Waals surface area contributed by atoms with Gasteiger partial charge in [0.2, 0.25) is 0 Å². The van der Waals surface area contributed by atoms with Gasteiger partial charge in [0, 0.05) is 21.3 Å². The third kappa shape index (κ3) is 4.56. The van der Waals surface area contributed by atoms with Gasteiger partial charge in [0.25, 0.3) is 5.91 Å². The number of esters is 1. The van der Waals surface area contributed by atoms with E-state index in [0.717, 1.165) is 15.3 Å². The number of rotatable bonds is 5. The maximum atomic E-state index is 12.1. The van der Waals surface area contributed by atoms with Crippen LogP contribution in [-0.4, -0.2) is 18.0 Å². The minimum atomic E-state index is -0.871. The van der Waals surface area contributed by atoms with Crippen molar-refractivity contribution in [2.24, 2.45) is 0 Å². The SMILES string of the molecule is Cc1cc(C(=O)O[C@@H](C)C(=O)NCc2ccccc2Cl)c(C)s1. The number of aryl methyl sites for hydroxylation is 2. The van der Waals surface area contributed by atoms with E-state index in [0.29, 0.717) is 10.6 Å². The molecule has 1 N–H and O–H groups in total. The zero-order valence-electron chi connectivity index (χ0n) is 13.2. The Hall–Kier alpha value is -1.85.